The fraction of sp³-hybridized carbons (Fsp3) is 0.100. The second-order valence-corrected chi connectivity index (χ2v) is 8.65. The summed E-state index contributed by atoms with van der Waals surface area (Å²) in [5.74, 6) is -0.755. The SMILES string of the molecule is O=S(=O)(c1ccc2nncn2c1)N(Cc1cc(F)cc(F)c1)c1ccc2c(c1)OCO2. The third kappa shape index (κ3) is 3.52. The highest BCUT2D eigenvalue weighted by molar-refractivity contribution is 7.92. The first-order valence-electron chi connectivity index (χ1n) is 9.07. The number of nitrogens with zero attached hydrogens (tertiary/aromatic N) is 4. The Morgan fingerprint density at radius 1 is 1.00 bits per heavy atom. The van der Waals surface area contributed by atoms with Gasteiger partial charge in [-0.05, 0) is 42.0 Å². The molecule has 0 amide bonds. The van der Waals surface area contributed by atoms with Crippen LogP contribution in [0.3, 0.4) is 0 Å². The van der Waals surface area contributed by atoms with Gasteiger partial charge in [0.1, 0.15) is 22.9 Å². The van der Waals surface area contributed by atoms with Crippen molar-refractivity contribution >= 4 is 21.4 Å². The lowest BCUT2D eigenvalue weighted by atomic mass is 10.2. The molecule has 0 bridgehead atoms. The van der Waals surface area contributed by atoms with E-state index in [1.807, 2.05) is 0 Å². The predicted molar refractivity (Wildman–Crippen MR) is 105 cm³/mol. The third-order valence-electron chi connectivity index (χ3n) is 4.74. The van der Waals surface area contributed by atoms with Crippen molar-refractivity contribution in [1.29, 1.82) is 0 Å². The van der Waals surface area contributed by atoms with Gasteiger partial charge in [0.05, 0.1) is 12.2 Å². The Kier molecular flexibility index (Phi) is 4.47. The first-order valence-corrected chi connectivity index (χ1v) is 10.5. The largest absolute Gasteiger partial charge is 0.454 e. The maximum absolute atomic E-state index is 13.8. The monoisotopic (exact) mass is 444 g/mol. The smallest absolute Gasteiger partial charge is 0.266 e. The van der Waals surface area contributed by atoms with Gasteiger partial charge in [0.25, 0.3) is 10.0 Å². The number of anilines is 1. The van der Waals surface area contributed by atoms with Crippen molar-refractivity contribution in [2.75, 3.05) is 11.1 Å². The number of benzene rings is 2. The van der Waals surface area contributed by atoms with Crippen LogP contribution in [0.2, 0.25) is 0 Å². The van der Waals surface area contributed by atoms with E-state index in [0.29, 0.717) is 17.1 Å². The molecule has 2 aromatic carbocycles. The van der Waals surface area contributed by atoms with Crippen LogP contribution in [0.4, 0.5) is 14.5 Å². The lowest BCUT2D eigenvalue weighted by molar-refractivity contribution is 0.174. The molecular formula is C20H14F2N4O4S. The zero-order valence-corrected chi connectivity index (χ0v) is 16.6. The lowest BCUT2D eigenvalue weighted by Gasteiger charge is -2.25. The van der Waals surface area contributed by atoms with E-state index in [9.17, 15) is 17.2 Å². The maximum Gasteiger partial charge on any atom is 0.266 e. The van der Waals surface area contributed by atoms with E-state index in [1.54, 1.807) is 6.07 Å². The van der Waals surface area contributed by atoms with Crippen LogP contribution < -0.4 is 13.8 Å². The molecule has 2 aromatic heterocycles. The van der Waals surface area contributed by atoms with Gasteiger partial charge in [0.15, 0.2) is 17.1 Å². The Bertz CT molecular complexity index is 1390. The van der Waals surface area contributed by atoms with Crippen LogP contribution >= 0.6 is 0 Å². The minimum atomic E-state index is -4.15. The quantitative estimate of drug-likeness (QED) is 0.470. The zero-order chi connectivity index (χ0) is 21.6. The van der Waals surface area contributed by atoms with Crippen LogP contribution in [0.25, 0.3) is 5.65 Å². The summed E-state index contributed by atoms with van der Waals surface area (Å²) in [5, 5.41) is 7.61. The molecule has 0 aliphatic carbocycles. The van der Waals surface area contributed by atoms with E-state index in [4.69, 9.17) is 9.47 Å². The number of fused-ring (bicyclic) bond motifs is 2. The Labute approximate surface area is 175 Å². The highest BCUT2D eigenvalue weighted by Crippen LogP contribution is 2.37. The molecule has 158 valence electrons. The zero-order valence-electron chi connectivity index (χ0n) is 15.8. The second-order valence-electron chi connectivity index (χ2n) is 6.79. The minimum absolute atomic E-state index is 0.0188. The average Bonchev–Trinajstić information content (AvgIpc) is 3.39. The maximum atomic E-state index is 13.8. The van der Waals surface area contributed by atoms with Gasteiger partial charge >= 0.3 is 0 Å². The summed E-state index contributed by atoms with van der Waals surface area (Å²) in [7, 11) is -4.15. The minimum Gasteiger partial charge on any atom is -0.454 e. The topological polar surface area (TPSA) is 86.0 Å². The first kappa shape index (κ1) is 19.2. The van der Waals surface area contributed by atoms with Crippen LogP contribution in [-0.4, -0.2) is 29.8 Å². The number of sulfonamides is 1. The molecule has 0 spiro atoms. The third-order valence-corrected chi connectivity index (χ3v) is 6.50. The fourth-order valence-corrected chi connectivity index (χ4v) is 4.76. The molecule has 8 nitrogen and oxygen atoms in total. The van der Waals surface area contributed by atoms with Crippen molar-refractivity contribution in [3.63, 3.8) is 0 Å². The van der Waals surface area contributed by atoms with Crippen LogP contribution in [0.15, 0.2) is 66.0 Å². The Morgan fingerprint density at radius 3 is 2.58 bits per heavy atom. The molecule has 4 aromatic rings. The van der Waals surface area contributed by atoms with Gasteiger partial charge in [-0.15, -0.1) is 10.2 Å². The normalized spacial score (nSPS) is 13.0. The summed E-state index contributed by atoms with van der Waals surface area (Å²) < 4.78 is 67.8. The Hall–Kier alpha value is -3.73. The highest BCUT2D eigenvalue weighted by Gasteiger charge is 2.28. The van der Waals surface area contributed by atoms with E-state index >= 15 is 0 Å². The summed E-state index contributed by atoms with van der Waals surface area (Å²) in [6, 6.07) is 10.4. The van der Waals surface area contributed by atoms with E-state index < -0.39 is 21.7 Å². The van der Waals surface area contributed by atoms with Crippen molar-refractivity contribution in [1.82, 2.24) is 14.6 Å². The van der Waals surface area contributed by atoms with Crippen LogP contribution in [0.1, 0.15) is 5.56 Å². The molecule has 1 aliphatic rings. The van der Waals surface area contributed by atoms with Crippen molar-refractivity contribution in [3.8, 4) is 11.5 Å². The van der Waals surface area contributed by atoms with Gasteiger partial charge in [-0.25, -0.2) is 17.2 Å². The van der Waals surface area contributed by atoms with Crippen molar-refractivity contribution < 1.29 is 26.7 Å². The standard InChI is InChI=1S/C20H14F2N4O4S/c21-14-5-13(6-15(22)7-14)9-26(16-1-3-18-19(8-16)30-12-29-18)31(27,28)17-2-4-20-24-23-11-25(20)10-17/h1-8,10-11H,9,12H2. The van der Waals surface area contributed by atoms with Gasteiger partial charge in [0, 0.05) is 18.3 Å². The summed E-state index contributed by atoms with van der Waals surface area (Å²) >= 11 is 0. The van der Waals surface area contributed by atoms with Crippen molar-refractivity contribution in [2.45, 2.75) is 11.4 Å². The Morgan fingerprint density at radius 2 is 1.77 bits per heavy atom. The number of hydrogen-bond donors (Lipinski definition) is 0. The molecule has 11 heteroatoms. The van der Waals surface area contributed by atoms with Crippen LogP contribution in [0, 0.1) is 11.6 Å². The molecular weight excluding hydrogens is 430 g/mol. The number of halogens is 2. The van der Waals surface area contributed by atoms with E-state index in [2.05, 4.69) is 10.2 Å². The second kappa shape index (κ2) is 7.20. The highest BCUT2D eigenvalue weighted by atomic mass is 32.2. The molecule has 31 heavy (non-hydrogen) atoms. The van der Waals surface area contributed by atoms with Gasteiger partial charge in [-0.3, -0.25) is 8.71 Å². The Balaban J connectivity index is 1.63. The summed E-state index contributed by atoms with van der Waals surface area (Å²) in [5.41, 5.74) is 0.864. The molecule has 0 radical (unpaired) electrons. The number of rotatable bonds is 5. The lowest BCUT2D eigenvalue weighted by Crippen LogP contribution is -2.31. The molecule has 0 N–H and O–H groups in total. The molecule has 0 atom stereocenters. The molecule has 3 heterocycles. The van der Waals surface area contributed by atoms with Crippen molar-refractivity contribution in [2.24, 2.45) is 0 Å². The van der Waals surface area contributed by atoms with Gasteiger partial charge < -0.3 is 9.47 Å². The fourth-order valence-electron chi connectivity index (χ4n) is 3.31. The van der Waals surface area contributed by atoms with Crippen molar-refractivity contribution in [3.05, 3.63) is 78.3 Å². The van der Waals surface area contributed by atoms with E-state index in [0.717, 1.165) is 22.5 Å². The molecule has 0 unspecified atom stereocenters. The van der Waals surface area contributed by atoms with E-state index in [1.165, 1.54) is 41.2 Å². The summed E-state index contributed by atoms with van der Waals surface area (Å²) in [6.07, 6.45) is 2.75. The molecule has 0 fully saturated rings. The molecule has 0 saturated heterocycles. The number of hydrogen-bond acceptors (Lipinski definition) is 6. The van der Waals surface area contributed by atoms with E-state index in [-0.39, 0.29) is 29.5 Å². The average molecular weight is 444 g/mol. The predicted octanol–water partition coefficient (Wildman–Crippen LogP) is 3.13. The van der Waals surface area contributed by atoms with Gasteiger partial charge in [-0.1, -0.05) is 0 Å². The van der Waals surface area contributed by atoms with Gasteiger partial charge in [0.2, 0.25) is 6.79 Å². The molecule has 1 aliphatic heterocycles. The molecule has 0 saturated carbocycles. The van der Waals surface area contributed by atoms with Crippen LogP contribution in [-0.2, 0) is 16.6 Å². The number of pyridine rings is 1. The molecule has 5 rings (SSSR count). The summed E-state index contributed by atoms with van der Waals surface area (Å²) in [4.78, 5) is -0.0469. The number of ether oxygens (including phenoxy) is 2. The van der Waals surface area contributed by atoms with Gasteiger partial charge in [-0.2, -0.15) is 0 Å². The number of aromatic nitrogens is 3. The first-order chi connectivity index (χ1) is 14.9. The summed E-state index contributed by atoms with van der Waals surface area (Å²) in [6.45, 7) is -0.290. The van der Waals surface area contributed by atoms with Crippen LogP contribution in [0.5, 0.6) is 11.5 Å².